The van der Waals surface area contributed by atoms with Crippen LogP contribution < -0.4 is 0 Å². The first-order chi connectivity index (χ1) is 9.35. The Morgan fingerprint density at radius 2 is 1.70 bits per heavy atom. The van der Waals surface area contributed by atoms with Gasteiger partial charge in [-0.25, -0.2) is 4.79 Å². The number of rotatable bonds is 0. The molecule has 20 heavy (non-hydrogen) atoms. The van der Waals surface area contributed by atoms with Gasteiger partial charge in [0.2, 0.25) is 0 Å². The zero-order chi connectivity index (χ0) is 14.4. The molecule has 0 radical (unpaired) electrons. The van der Waals surface area contributed by atoms with E-state index in [1.54, 1.807) is 0 Å². The lowest BCUT2D eigenvalue weighted by atomic mass is 9.74. The summed E-state index contributed by atoms with van der Waals surface area (Å²) in [5.74, 6) is 0.578. The Morgan fingerprint density at radius 3 is 2.20 bits per heavy atom. The highest BCUT2D eigenvalue weighted by atomic mass is 16.7. The summed E-state index contributed by atoms with van der Waals surface area (Å²) in [5, 5.41) is 0. The van der Waals surface area contributed by atoms with Crippen molar-refractivity contribution in [3.8, 4) is 0 Å². The third-order valence-corrected chi connectivity index (χ3v) is 4.29. The number of carbonyl (C=O) groups is 1. The molecule has 2 saturated heterocycles. The van der Waals surface area contributed by atoms with Gasteiger partial charge in [-0.15, -0.1) is 0 Å². The maximum atomic E-state index is 12.2. The van der Waals surface area contributed by atoms with E-state index in [1.807, 2.05) is 25.7 Å². The molecular formula is C15H25NO4. The van der Waals surface area contributed by atoms with E-state index in [1.165, 1.54) is 6.42 Å². The van der Waals surface area contributed by atoms with Crippen molar-refractivity contribution in [2.24, 2.45) is 11.8 Å². The van der Waals surface area contributed by atoms with E-state index in [0.717, 1.165) is 25.9 Å². The van der Waals surface area contributed by atoms with Gasteiger partial charge in [-0.3, -0.25) is 0 Å². The van der Waals surface area contributed by atoms with E-state index in [-0.39, 0.29) is 11.9 Å². The van der Waals surface area contributed by atoms with Gasteiger partial charge in [0.15, 0.2) is 5.79 Å². The van der Waals surface area contributed by atoms with Crippen LogP contribution >= 0.6 is 0 Å². The van der Waals surface area contributed by atoms with Crippen LogP contribution in [0, 0.1) is 11.8 Å². The molecule has 0 aromatic rings. The van der Waals surface area contributed by atoms with Gasteiger partial charge in [0.1, 0.15) is 5.60 Å². The minimum absolute atomic E-state index is 0.184. The standard InChI is InChI=1S/C15H25NO4/c1-14(2,3)20-13(17)16-9-11-6-12(10-16)8-15(7-11)18-4-5-19-15/h11-12H,4-10H2,1-3H3. The maximum Gasteiger partial charge on any atom is 0.410 e. The molecule has 0 aromatic heterocycles. The minimum Gasteiger partial charge on any atom is -0.444 e. The zero-order valence-corrected chi connectivity index (χ0v) is 12.7. The average Bonchev–Trinajstić information content (AvgIpc) is 2.73. The topological polar surface area (TPSA) is 48.0 Å². The Kier molecular flexibility index (Phi) is 3.45. The number of amides is 1. The van der Waals surface area contributed by atoms with Crippen molar-refractivity contribution in [3.63, 3.8) is 0 Å². The fourth-order valence-corrected chi connectivity index (χ4v) is 3.79. The molecule has 114 valence electrons. The van der Waals surface area contributed by atoms with E-state index >= 15 is 0 Å². The molecule has 3 fully saturated rings. The number of piperidine rings is 1. The van der Waals surface area contributed by atoms with Crippen LogP contribution in [-0.2, 0) is 14.2 Å². The molecule has 3 aliphatic rings. The first kappa shape index (κ1) is 14.1. The van der Waals surface area contributed by atoms with Gasteiger partial charge >= 0.3 is 6.09 Å². The second kappa shape index (κ2) is 4.88. The highest BCUT2D eigenvalue weighted by Gasteiger charge is 2.48. The molecule has 2 atom stereocenters. The first-order valence-electron chi connectivity index (χ1n) is 7.61. The van der Waals surface area contributed by atoms with Crippen LogP contribution in [0.4, 0.5) is 4.79 Å². The molecule has 2 heterocycles. The monoisotopic (exact) mass is 283 g/mol. The van der Waals surface area contributed by atoms with Crippen molar-refractivity contribution in [1.82, 2.24) is 4.90 Å². The molecule has 2 aliphatic heterocycles. The molecule has 5 heteroatoms. The van der Waals surface area contributed by atoms with E-state index in [2.05, 4.69) is 0 Å². The highest BCUT2D eigenvalue weighted by molar-refractivity contribution is 5.68. The molecule has 1 spiro atoms. The number of likely N-dealkylation sites (tertiary alicyclic amines) is 1. The zero-order valence-electron chi connectivity index (χ0n) is 12.7. The second-order valence-corrected chi connectivity index (χ2v) is 7.37. The molecule has 1 saturated carbocycles. The molecule has 3 rings (SSSR count). The van der Waals surface area contributed by atoms with Crippen LogP contribution in [0.2, 0.25) is 0 Å². The predicted molar refractivity (Wildman–Crippen MR) is 73.3 cm³/mol. The molecule has 1 aliphatic carbocycles. The third-order valence-electron chi connectivity index (χ3n) is 4.29. The fraction of sp³-hybridized carbons (Fsp3) is 0.933. The molecule has 0 aromatic carbocycles. The Morgan fingerprint density at radius 1 is 1.15 bits per heavy atom. The predicted octanol–water partition coefficient (Wildman–Crippen LogP) is 2.40. The van der Waals surface area contributed by atoms with Crippen LogP contribution in [-0.4, -0.2) is 48.7 Å². The van der Waals surface area contributed by atoms with Crippen LogP contribution in [0.1, 0.15) is 40.0 Å². The van der Waals surface area contributed by atoms with Gasteiger partial charge in [0.25, 0.3) is 0 Å². The average molecular weight is 283 g/mol. The normalized spacial score (nSPS) is 32.5. The van der Waals surface area contributed by atoms with Gasteiger partial charge in [-0.1, -0.05) is 0 Å². The summed E-state index contributed by atoms with van der Waals surface area (Å²) in [7, 11) is 0. The number of carbonyl (C=O) groups excluding carboxylic acids is 1. The van der Waals surface area contributed by atoms with Crippen molar-refractivity contribution in [2.75, 3.05) is 26.3 Å². The van der Waals surface area contributed by atoms with Crippen LogP contribution in [0.15, 0.2) is 0 Å². The van der Waals surface area contributed by atoms with Crippen LogP contribution in [0.3, 0.4) is 0 Å². The number of ether oxygens (including phenoxy) is 3. The Hall–Kier alpha value is -0.810. The molecular weight excluding hydrogens is 258 g/mol. The Labute approximate surface area is 120 Å². The summed E-state index contributed by atoms with van der Waals surface area (Å²) >= 11 is 0. The van der Waals surface area contributed by atoms with Crippen LogP contribution in [0.5, 0.6) is 0 Å². The Balaban J connectivity index is 1.63. The Bertz CT molecular complexity index is 368. The van der Waals surface area contributed by atoms with Crippen LogP contribution in [0.25, 0.3) is 0 Å². The van der Waals surface area contributed by atoms with E-state index < -0.39 is 5.60 Å². The molecule has 2 unspecified atom stereocenters. The highest BCUT2D eigenvalue weighted by Crippen LogP contribution is 2.44. The molecule has 2 bridgehead atoms. The van der Waals surface area contributed by atoms with E-state index in [4.69, 9.17) is 14.2 Å². The minimum atomic E-state index is -0.428. The SMILES string of the molecule is CC(C)(C)OC(=O)N1CC2CC(C1)CC1(C2)OCCO1. The van der Waals surface area contributed by atoms with Gasteiger partial charge < -0.3 is 19.1 Å². The summed E-state index contributed by atoms with van der Waals surface area (Å²) in [5.41, 5.74) is -0.428. The second-order valence-electron chi connectivity index (χ2n) is 7.37. The summed E-state index contributed by atoms with van der Waals surface area (Å²) < 4.78 is 17.2. The number of hydrogen-bond acceptors (Lipinski definition) is 4. The fourth-order valence-electron chi connectivity index (χ4n) is 3.79. The van der Waals surface area contributed by atoms with Crippen molar-refractivity contribution in [1.29, 1.82) is 0 Å². The third kappa shape index (κ3) is 2.93. The lowest BCUT2D eigenvalue weighted by Crippen LogP contribution is -2.53. The summed E-state index contributed by atoms with van der Waals surface area (Å²) in [6, 6.07) is 0. The molecule has 0 N–H and O–H groups in total. The number of hydrogen-bond donors (Lipinski definition) is 0. The molecule has 1 amide bonds. The number of fused-ring (bicyclic) bond motifs is 2. The van der Waals surface area contributed by atoms with Gasteiger partial charge in [-0.2, -0.15) is 0 Å². The van der Waals surface area contributed by atoms with Crippen molar-refractivity contribution >= 4 is 6.09 Å². The van der Waals surface area contributed by atoms with Gasteiger partial charge in [-0.05, 0) is 39.0 Å². The lowest BCUT2D eigenvalue weighted by Gasteiger charge is -2.47. The maximum absolute atomic E-state index is 12.2. The quantitative estimate of drug-likeness (QED) is 0.685. The first-order valence-corrected chi connectivity index (χ1v) is 7.61. The van der Waals surface area contributed by atoms with Crippen molar-refractivity contribution in [3.05, 3.63) is 0 Å². The summed E-state index contributed by atoms with van der Waals surface area (Å²) in [6.45, 7) is 8.66. The van der Waals surface area contributed by atoms with Gasteiger partial charge in [0.05, 0.1) is 13.2 Å². The lowest BCUT2D eigenvalue weighted by molar-refractivity contribution is -0.206. The number of nitrogens with zero attached hydrogens (tertiary/aromatic N) is 1. The summed E-state index contributed by atoms with van der Waals surface area (Å²) in [4.78, 5) is 14.1. The van der Waals surface area contributed by atoms with Crippen molar-refractivity contribution < 1.29 is 19.0 Å². The van der Waals surface area contributed by atoms with Crippen molar-refractivity contribution in [2.45, 2.75) is 51.4 Å². The largest absolute Gasteiger partial charge is 0.444 e. The van der Waals surface area contributed by atoms with E-state index in [9.17, 15) is 4.79 Å². The van der Waals surface area contributed by atoms with E-state index in [0.29, 0.717) is 25.0 Å². The summed E-state index contributed by atoms with van der Waals surface area (Å²) in [6.07, 6.45) is 2.80. The van der Waals surface area contributed by atoms with Gasteiger partial charge in [0, 0.05) is 25.9 Å². The smallest absolute Gasteiger partial charge is 0.410 e. The molecule has 5 nitrogen and oxygen atoms in total.